The van der Waals surface area contributed by atoms with Crippen molar-refractivity contribution >= 4 is 16.7 Å². The average Bonchev–Trinajstić information content (AvgIpc) is 2.68. The van der Waals surface area contributed by atoms with Crippen LogP contribution in [0.1, 0.15) is 22.8 Å². The lowest BCUT2D eigenvalue weighted by atomic mass is 10.1. The van der Waals surface area contributed by atoms with Crippen LogP contribution in [-0.4, -0.2) is 17.9 Å². The summed E-state index contributed by atoms with van der Waals surface area (Å²) in [7, 11) is 1.17. The van der Waals surface area contributed by atoms with Gasteiger partial charge in [-0.15, -0.1) is 0 Å². The molecule has 0 spiro atoms. The number of rotatable bonds is 2. The number of aromatic amines is 1. The number of fused-ring (bicyclic) bond motifs is 1. The Labute approximate surface area is 101 Å². The summed E-state index contributed by atoms with van der Waals surface area (Å²) in [5.41, 5.74) is -0.220. The van der Waals surface area contributed by atoms with Gasteiger partial charge in [0.25, 0.3) is 0 Å². The Balaban J connectivity index is 2.77. The van der Waals surface area contributed by atoms with Crippen molar-refractivity contribution in [2.75, 3.05) is 7.11 Å². The van der Waals surface area contributed by atoms with Crippen LogP contribution in [0.3, 0.4) is 0 Å². The predicted octanol–water partition coefficient (Wildman–Crippen LogP) is 3.40. The number of aromatic nitrogens is 1. The molecule has 0 atom stereocenters. The van der Waals surface area contributed by atoms with Gasteiger partial charge < -0.3 is 9.72 Å². The minimum Gasteiger partial charge on any atom is -0.496 e. The summed E-state index contributed by atoms with van der Waals surface area (Å²) in [6.45, 7) is 1.31. The summed E-state index contributed by atoms with van der Waals surface area (Å²) < 4.78 is 43.2. The normalized spacial score (nSPS) is 11.8. The van der Waals surface area contributed by atoms with Crippen molar-refractivity contribution in [3.63, 3.8) is 0 Å². The van der Waals surface area contributed by atoms with Gasteiger partial charge in [0.05, 0.1) is 12.7 Å². The first-order valence-corrected chi connectivity index (χ1v) is 5.12. The average molecular weight is 257 g/mol. The first kappa shape index (κ1) is 12.5. The first-order chi connectivity index (χ1) is 8.34. The molecule has 2 aromatic rings. The summed E-state index contributed by atoms with van der Waals surface area (Å²) in [6, 6.07) is 2.17. The van der Waals surface area contributed by atoms with Gasteiger partial charge in [0, 0.05) is 28.7 Å². The zero-order valence-electron chi connectivity index (χ0n) is 9.68. The minimum absolute atomic E-state index is 0.234. The highest BCUT2D eigenvalue weighted by atomic mass is 19.4. The zero-order valence-corrected chi connectivity index (χ0v) is 9.68. The third kappa shape index (κ3) is 1.94. The van der Waals surface area contributed by atoms with Crippen LogP contribution in [-0.2, 0) is 6.18 Å². The van der Waals surface area contributed by atoms with Crippen molar-refractivity contribution < 1.29 is 22.7 Å². The van der Waals surface area contributed by atoms with Gasteiger partial charge in [-0.05, 0) is 13.0 Å². The fourth-order valence-electron chi connectivity index (χ4n) is 1.83. The lowest BCUT2D eigenvalue weighted by Gasteiger charge is -2.12. The molecule has 96 valence electrons. The quantitative estimate of drug-likeness (QED) is 0.838. The largest absolute Gasteiger partial charge is 0.496 e. The maximum Gasteiger partial charge on any atom is 0.419 e. The summed E-state index contributed by atoms with van der Waals surface area (Å²) in [5, 5.41) is 0.246. The molecule has 0 fully saturated rings. The fraction of sp³-hybridized carbons (Fsp3) is 0.250. The number of alkyl halides is 3. The van der Waals surface area contributed by atoms with E-state index in [0.29, 0.717) is 5.52 Å². The van der Waals surface area contributed by atoms with E-state index in [1.807, 2.05) is 0 Å². The summed E-state index contributed by atoms with van der Waals surface area (Å²) in [4.78, 5) is 14.1. The van der Waals surface area contributed by atoms with Crippen LogP contribution in [0.15, 0.2) is 18.3 Å². The van der Waals surface area contributed by atoms with E-state index in [-0.39, 0.29) is 22.5 Å². The van der Waals surface area contributed by atoms with Crippen LogP contribution in [0.2, 0.25) is 0 Å². The molecule has 3 nitrogen and oxygen atoms in total. The van der Waals surface area contributed by atoms with Gasteiger partial charge in [-0.1, -0.05) is 0 Å². The number of methoxy groups -OCH3 is 1. The van der Waals surface area contributed by atoms with E-state index in [2.05, 4.69) is 4.98 Å². The second-order valence-electron chi connectivity index (χ2n) is 3.85. The Hall–Kier alpha value is -1.98. The standard InChI is InChI=1S/C12H10F3NO2/c1-6(17)8-5-16-10-4-11(18-2)9(3-7(8)10)12(13,14)15/h3-5,16H,1-2H3. The van der Waals surface area contributed by atoms with E-state index in [1.54, 1.807) is 0 Å². The van der Waals surface area contributed by atoms with Crippen LogP contribution in [0, 0.1) is 0 Å². The van der Waals surface area contributed by atoms with Crippen molar-refractivity contribution in [1.82, 2.24) is 4.98 Å². The lowest BCUT2D eigenvalue weighted by molar-refractivity contribution is -0.138. The van der Waals surface area contributed by atoms with E-state index >= 15 is 0 Å². The molecule has 0 aliphatic carbocycles. The second kappa shape index (κ2) is 4.04. The Morgan fingerprint density at radius 1 is 1.33 bits per heavy atom. The van der Waals surface area contributed by atoms with Gasteiger partial charge in [0.2, 0.25) is 0 Å². The molecule has 0 radical (unpaired) electrons. The van der Waals surface area contributed by atoms with Gasteiger partial charge in [-0.3, -0.25) is 4.79 Å². The molecule has 0 bridgehead atoms. The van der Waals surface area contributed by atoms with Crippen LogP contribution in [0.5, 0.6) is 5.75 Å². The minimum atomic E-state index is -4.52. The molecular weight excluding hydrogens is 247 g/mol. The number of H-pyrrole nitrogens is 1. The van der Waals surface area contributed by atoms with E-state index in [1.165, 1.54) is 26.3 Å². The highest BCUT2D eigenvalue weighted by Crippen LogP contribution is 2.39. The molecule has 18 heavy (non-hydrogen) atoms. The second-order valence-corrected chi connectivity index (χ2v) is 3.85. The molecule has 0 saturated carbocycles. The van der Waals surface area contributed by atoms with Crippen molar-refractivity contribution in [3.8, 4) is 5.75 Å². The number of ketones is 1. The number of ether oxygens (including phenoxy) is 1. The third-order valence-electron chi connectivity index (χ3n) is 2.69. The summed E-state index contributed by atoms with van der Waals surface area (Å²) >= 11 is 0. The fourth-order valence-corrected chi connectivity index (χ4v) is 1.83. The molecule has 1 aromatic heterocycles. The maximum absolute atomic E-state index is 12.8. The Bertz CT molecular complexity index is 614. The predicted molar refractivity (Wildman–Crippen MR) is 59.9 cm³/mol. The monoisotopic (exact) mass is 257 g/mol. The molecule has 0 aliphatic heterocycles. The highest BCUT2D eigenvalue weighted by Gasteiger charge is 2.35. The van der Waals surface area contributed by atoms with Gasteiger partial charge in [0.1, 0.15) is 5.75 Å². The number of hydrogen-bond donors (Lipinski definition) is 1. The van der Waals surface area contributed by atoms with Crippen LogP contribution in [0.25, 0.3) is 10.9 Å². The van der Waals surface area contributed by atoms with Crippen molar-refractivity contribution in [2.45, 2.75) is 13.1 Å². The van der Waals surface area contributed by atoms with Crippen LogP contribution in [0.4, 0.5) is 13.2 Å². The molecule has 0 amide bonds. The molecule has 2 rings (SSSR count). The van der Waals surface area contributed by atoms with Gasteiger partial charge in [-0.2, -0.15) is 13.2 Å². The van der Waals surface area contributed by atoms with Gasteiger partial charge >= 0.3 is 6.18 Å². The molecule has 0 aliphatic rings. The van der Waals surface area contributed by atoms with Gasteiger partial charge in [0.15, 0.2) is 5.78 Å². The first-order valence-electron chi connectivity index (χ1n) is 5.12. The molecule has 1 aromatic carbocycles. The third-order valence-corrected chi connectivity index (χ3v) is 2.69. The number of hydrogen-bond acceptors (Lipinski definition) is 2. The molecular formula is C12H10F3NO2. The smallest absolute Gasteiger partial charge is 0.419 e. The molecule has 1 N–H and O–H groups in total. The molecule has 0 saturated heterocycles. The maximum atomic E-state index is 12.8. The van der Waals surface area contributed by atoms with Crippen molar-refractivity contribution in [1.29, 1.82) is 0 Å². The van der Waals surface area contributed by atoms with E-state index < -0.39 is 11.7 Å². The van der Waals surface area contributed by atoms with E-state index in [9.17, 15) is 18.0 Å². The number of carbonyl (C=O) groups is 1. The SMILES string of the molecule is COc1cc2[nH]cc(C(C)=O)c2cc1C(F)(F)F. The van der Waals surface area contributed by atoms with Crippen LogP contribution >= 0.6 is 0 Å². The lowest BCUT2D eigenvalue weighted by Crippen LogP contribution is -2.07. The molecule has 0 unspecified atom stereocenters. The number of nitrogens with one attached hydrogen (secondary N) is 1. The topological polar surface area (TPSA) is 42.1 Å². The highest BCUT2D eigenvalue weighted by molar-refractivity contribution is 6.07. The summed E-state index contributed by atoms with van der Waals surface area (Å²) in [6.07, 6.45) is -3.13. The van der Waals surface area contributed by atoms with Crippen molar-refractivity contribution in [2.24, 2.45) is 0 Å². The Kier molecular flexibility index (Phi) is 2.80. The van der Waals surface area contributed by atoms with Crippen molar-refractivity contribution in [3.05, 3.63) is 29.5 Å². The number of Topliss-reactive ketones (excluding diaryl/α,β-unsaturated/α-hetero) is 1. The number of benzene rings is 1. The van der Waals surface area contributed by atoms with Crippen LogP contribution < -0.4 is 4.74 Å². The summed E-state index contributed by atoms with van der Waals surface area (Å²) in [5.74, 6) is -0.563. The Morgan fingerprint density at radius 2 is 2.00 bits per heavy atom. The molecule has 6 heteroatoms. The Morgan fingerprint density at radius 3 is 2.50 bits per heavy atom. The van der Waals surface area contributed by atoms with E-state index in [0.717, 1.165) is 6.07 Å². The number of carbonyl (C=O) groups excluding carboxylic acids is 1. The van der Waals surface area contributed by atoms with Gasteiger partial charge in [-0.25, -0.2) is 0 Å². The molecule has 1 heterocycles. The zero-order chi connectivity index (χ0) is 13.5. The van der Waals surface area contributed by atoms with E-state index in [4.69, 9.17) is 4.74 Å². The number of halogens is 3.